The number of nitrogens with zero attached hydrogens (tertiary/aromatic N) is 5. The molecule has 0 fully saturated rings. The Bertz CT molecular complexity index is 848. The average molecular weight is 364 g/mol. The summed E-state index contributed by atoms with van der Waals surface area (Å²) in [7, 11) is 0. The lowest BCUT2D eigenvalue weighted by Crippen LogP contribution is -2.19. The minimum atomic E-state index is -4.53. The summed E-state index contributed by atoms with van der Waals surface area (Å²) < 4.78 is 43.1. The van der Waals surface area contributed by atoms with Gasteiger partial charge in [-0.1, -0.05) is 19.0 Å². The van der Waals surface area contributed by atoms with Gasteiger partial charge < -0.3 is 9.84 Å². The summed E-state index contributed by atoms with van der Waals surface area (Å²) in [6.45, 7) is 3.82. The van der Waals surface area contributed by atoms with Gasteiger partial charge in [0.2, 0.25) is 11.7 Å². The Labute approximate surface area is 146 Å². The molecule has 1 N–H and O–H groups in total. The van der Waals surface area contributed by atoms with Crippen molar-refractivity contribution in [1.29, 1.82) is 0 Å². The fraction of sp³-hybridized carbons (Fsp3) is 0.312. The van der Waals surface area contributed by atoms with Crippen molar-refractivity contribution in [2.75, 3.05) is 5.32 Å². The van der Waals surface area contributed by atoms with Crippen LogP contribution in [0, 0.1) is 5.92 Å². The van der Waals surface area contributed by atoms with Crippen molar-refractivity contribution in [1.82, 2.24) is 25.3 Å². The van der Waals surface area contributed by atoms with Gasteiger partial charge in [0.15, 0.2) is 5.69 Å². The van der Waals surface area contributed by atoms with Crippen LogP contribution in [-0.2, 0) is 6.18 Å². The zero-order valence-electron chi connectivity index (χ0n) is 13.9. The Morgan fingerprint density at radius 1 is 1.04 bits per heavy atom. The van der Waals surface area contributed by atoms with Crippen LogP contribution in [0.4, 0.5) is 19.0 Å². The number of hydrogen-bond donors (Lipinski definition) is 1. The first kappa shape index (κ1) is 17.8. The highest BCUT2D eigenvalue weighted by Gasteiger charge is 2.33. The molecule has 3 rings (SSSR count). The third kappa shape index (κ3) is 3.95. The molecule has 1 unspecified atom stereocenters. The van der Waals surface area contributed by atoms with Gasteiger partial charge in [-0.3, -0.25) is 4.98 Å². The molecule has 136 valence electrons. The van der Waals surface area contributed by atoms with Gasteiger partial charge in [-0.25, -0.2) is 0 Å². The van der Waals surface area contributed by atoms with Gasteiger partial charge in [0, 0.05) is 18.0 Å². The van der Waals surface area contributed by atoms with Crippen molar-refractivity contribution in [3.63, 3.8) is 0 Å². The molecule has 0 radical (unpaired) electrons. The monoisotopic (exact) mass is 364 g/mol. The zero-order valence-corrected chi connectivity index (χ0v) is 13.9. The van der Waals surface area contributed by atoms with E-state index in [1.165, 1.54) is 6.07 Å². The second kappa shape index (κ2) is 7.06. The quantitative estimate of drug-likeness (QED) is 0.737. The molecular weight excluding hydrogens is 349 g/mol. The maximum Gasteiger partial charge on any atom is 0.435 e. The van der Waals surface area contributed by atoms with E-state index in [1.807, 2.05) is 13.8 Å². The summed E-state index contributed by atoms with van der Waals surface area (Å²) >= 11 is 0. The molecule has 0 aliphatic rings. The second-order valence-electron chi connectivity index (χ2n) is 5.86. The van der Waals surface area contributed by atoms with Crippen LogP contribution < -0.4 is 5.32 Å². The minimum Gasteiger partial charge on any atom is -0.357 e. The van der Waals surface area contributed by atoms with Crippen molar-refractivity contribution in [2.45, 2.75) is 26.1 Å². The van der Waals surface area contributed by atoms with Gasteiger partial charge in [0.25, 0.3) is 0 Å². The standard InChI is InChI=1S/C16H15F3N6O/c1-9(2)13(21-12-4-3-11(23-24-12)16(17,18)19)15-22-14(25-26-15)10-5-7-20-8-6-10/h3-9,13H,1-2H3,(H,21,24). The zero-order chi connectivity index (χ0) is 18.7. The third-order valence-corrected chi connectivity index (χ3v) is 3.57. The molecule has 0 saturated carbocycles. The van der Waals surface area contributed by atoms with Crippen LogP contribution in [0.3, 0.4) is 0 Å². The normalized spacial score (nSPS) is 13.0. The number of nitrogens with one attached hydrogen (secondary N) is 1. The van der Waals surface area contributed by atoms with Gasteiger partial charge in [-0.05, 0) is 30.2 Å². The van der Waals surface area contributed by atoms with E-state index in [4.69, 9.17) is 4.52 Å². The molecule has 0 aliphatic carbocycles. The highest BCUT2D eigenvalue weighted by molar-refractivity contribution is 5.52. The third-order valence-electron chi connectivity index (χ3n) is 3.57. The fourth-order valence-electron chi connectivity index (χ4n) is 2.21. The summed E-state index contributed by atoms with van der Waals surface area (Å²) in [5.74, 6) is 0.882. The first-order chi connectivity index (χ1) is 12.3. The Morgan fingerprint density at radius 2 is 1.77 bits per heavy atom. The van der Waals surface area contributed by atoms with Crippen molar-refractivity contribution >= 4 is 5.82 Å². The number of hydrogen-bond acceptors (Lipinski definition) is 7. The predicted molar refractivity (Wildman–Crippen MR) is 85.8 cm³/mol. The van der Waals surface area contributed by atoms with E-state index in [1.54, 1.807) is 24.5 Å². The number of alkyl halides is 3. The van der Waals surface area contributed by atoms with E-state index < -0.39 is 17.9 Å². The smallest absolute Gasteiger partial charge is 0.357 e. The molecule has 0 spiro atoms. The Kier molecular flexibility index (Phi) is 4.83. The molecule has 7 nitrogen and oxygen atoms in total. The number of anilines is 1. The van der Waals surface area contributed by atoms with E-state index in [9.17, 15) is 13.2 Å². The number of aromatic nitrogens is 5. The lowest BCUT2D eigenvalue weighted by atomic mass is 10.0. The topological polar surface area (TPSA) is 89.6 Å². The molecule has 1 atom stereocenters. The molecule has 0 aromatic carbocycles. The van der Waals surface area contributed by atoms with Crippen molar-refractivity contribution in [3.8, 4) is 11.4 Å². The second-order valence-corrected chi connectivity index (χ2v) is 5.86. The summed E-state index contributed by atoms with van der Waals surface area (Å²) in [6, 6.07) is 5.12. The molecule has 3 aromatic heterocycles. The summed E-state index contributed by atoms with van der Waals surface area (Å²) in [5, 5.41) is 13.7. The molecular formula is C16H15F3N6O. The van der Waals surface area contributed by atoms with Gasteiger partial charge in [-0.2, -0.15) is 18.2 Å². The molecule has 0 amide bonds. The van der Waals surface area contributed by atoms with E-state index in [0.717, 1.165) is 11.6 Å². The Hall–Kier alpha value is -3.04. The maximum atomic E-state index is 12.6. The van der Waals surface area contributed by atoms with E-state index in [0.29, 0.717) is 11.7 Å². The Balaban J connectivity index is 1.81. The van der Waals surface area contributed by atoms with E-state index in [-0.39, 0.29) is 11.7 Å². The van der Waals surface area contributed by atoms with Crippen LogP contribution in [0.5, 0.6) is 0 Å². The van der Waals surface area contributed by atoms with Crippen molar-refractivity contribution < 1.29 is 17.7 Å². The average Bonchev–Trinajstić information content (AvgIpc) is 3.09. The van der Waals surface area contributed by atoms with Crippen LogP contribution in [0.25, 0.3) is 11.4 Å². The fourth-order valence-corrected chi connectivity index (χ4v) is 2.21. The number of halogens is 3. The van der Waals surface area contributed by atoms with Crippen LogP contribution in [0.15, 0.2) is 41.2 Å². The SMILES string of the molecule is CC(C)C(Nc1ccc(C(F)(F)F)nn1)c1nc(-c2ccncc2)no1. The van der Waals surface area contributed by atoms with Gasteiger partial charge >= 0.3 is 6.18 Å². The maximum absolute atomic E-state index is 12.6. The molecule has 3 aromatic rings. The van der Waals surface area contributed by atoms with Crippen LogP contribution in [0.2, 0.25) is 0 Å². The Morgan fingerprint density at radius 3 is 2.35 bits per heavy atom. The summed E-state index contributed by atoms with van der Waals surface area (Å²) in [6.07, 6.45) is -1.31. The molecule has 10 heteroatoms. The van der Waals surface area contributed by atoms with E-state index in [2.05, 4.69) is 30.6 Å². The molecule has 0 bridgehead atoms. The van der Waals surface area contributed by atoms with Crippen molar-refractivity contribution in [3.05, 3.63) is 48.2 Å². The van der Waals surface area contributed by atoms with Crippen LogP contribution in [-0.4, -0.2) is 25.3 Å². The highest BCUT2D eigenvalue weighted by atomic mass is 19.4. The lowest BCUT2D eigenvalue weighted by Gasteiger charge is -2.18. The highest BCUT2D eigenvalue weighted by Crippen LogP contribution is 2.29. The largest absolute Gasteiger partial charge is 0.435 e. The van der Waals surface area contributed by atoms with Crippen molar-refractivity contribution in [2.24, 2.45) is 5.92 Å². The van der Waals surface area contributed by atoms with Crippen LogP contribution >= 0.6 is 0 Å². The minimum absolute atomic E-state index is 0.00447. The summed E-state index contributed by atoms with van der Waals surface area (Å²) in [5.41, 5.74) is -0.311. The van der Waals surface area contributed by atoms with Gasteiger partial charge in [-0.15, -0.1) is 10.2 Å². The van der Waals surface area contributed by atoms with E-state index >= 15 is 0 Å². The molecule has 3 heterocycles. The number of rotatable bonds is 5. The molecule has 0 saturated heterocycles. The van der Waals surface area contributed by atoms with Gasteiger partial charge in [0.05, 0.1) is 0 Å². The number of pyridine rings is 1. The molecule has 26 heavy (non-hydrogen) atoms. The first-order valence-corrected chi connectivity index (χ1v) is 7.76. The predicted octanol–water partition coefficient (Wildman–Crippen LogP) is 3.75. The van der Waals surface area contributed by atoms with Crippen LogP contribution in [0.1, 0.15) is 31.5 Å². The summed E-state index contributed by atoms with van der Waals surface area (Å²) in [4.78, 5) is 8.29. The molecule has 0 aliphatic heterocycles. The van der Waals surface area contributed by atoms with Gasteiger partial charge in [0.1, 0.15) is 11.9 Å². The lowest BCUT2D eigenvalue weighted by molar-refractivity contribution is -0.141. The first-order valence-electron chi connectivity index (χ1n) is 7.76.